The smallest absolute Gasteiger partial charge is 0.344 e. The van der Waals surface area contributed by atoms with Crippen molar-refractivity contribution in [2.45, 2.75) is 111 Å². The van der Waals surface area contributed by atoms with Gasteiger partial charge in [-0.15, -0.1) is 0 Å². The number of hydrogen-bond acceptors (Lipinski definition) is 8. The van der Waals surface area contributed by atoms with Gasteiger partial charge in [0.2, 0.25) is 0 Å². The predicted octanol–water partition coefficient (Wildman–Crippen LogP) is 5.40. The topological polar surface area (TPSA) is 105 Å². The van der Waals surface area contributed by atoms with E-state index >= 15 is 0 Å². The highest BCUT2D eigenvalue weighted by Gasteiger charge is 2.58. The van der Waals surface area contributed by atoms with Gasteiger partial charge in [0.25, 0.3) is 0 Å². The van der Waals surface area contributed by atoms with Crippen LogP contribution in [0.1, 0.15) is 105 Å². The van der Waals surface area contributed by atoms with E-state index in [2.05, 4.69) is 0 Å². The first-order valence-corrected chi connectivity index (χ1v) is 15.1. The molecule has 0 spiro atoms. The summed E-state index contributed by atoms with van der Waals surface area (Å²) in [4.78, 5) is 50.7. The lowest BCUT2D eigenvalue weighted by Gasteiger charge is -2.61. The lowest BCUT2D eigenvalue weighted by atomic mass is 9.46. The van der Waals surface area contributed by atoms with E-state index in [1.54, 1.807) is 13.8 Å². The molecule has 220 valence electrons. The molecule has 0 aromatic rings. The Bertz CT molecular complexity index is 900. The number of esters is 4. The fourth-order valence-electron chi connectivity index (χ4n) is 7.93. The van der Waals surface area contributed by atoms with Gasteiger partial charge in [-0.2, -0.15) is 0 Å². The van der Waals surface area contributed by atoms with Crippen molar-refractivity contribution in [1.82, 2.24) is 0 Å². The molecular formula is C31H48O8. The SMILES string of the molecule is CCC(C)(C)C(=O)OCCOC(=O)C1CCCCC1C(=O)OCC(=O)OC(C)(C)C12CC3CC(CC(C3)C1)C2. The minimum atomic E-state index is -0.656. The van der Waals surface area contributed by atoms with Crippen LogP contribution >= 0.6 is 0 Å². The third-order valence-electron chi connectivity index (χ3n) is 10.4. The minimum Gasteiger partial charge on any atom is -0.462 e. The van der Waals surface area contributed by atoms with Crippen LogP contribution in [0, 0.1) is 40.4 Å². The Labute approximate surface area is 233 Å². The summed E-state index contributed by atoms with van der Waals surface area (Å²) in [7, 11) is 0. The standard InChI is InChI=1S/C31H48O8/c1-6-29(2,3)28(35)37-12-11-36-26(33)23-9-7-8-10-24(23)27(34)38-19-25(32)39-30(4,5)31-16-20-13-21(17-31)15-22(14-20)18-31/h20-24H,6-19H2,1-5H3. The van der Waals surface area contributed by atoms with Gasteiger partial charge in [0, 0.05) is 5.41 Å². The first kappa shape index (κ1) is 29.9. The van der Waals surface area contributed by atoms with E-state index in [-0.39, 0.29) is 24.6 Å². The maximum Gasteiger partial charge on any atom is 0.344 e. The van der Waals surface area contributed by atoms with Gasteiger partial charge >= 0.3 is 23.9 Å². The molecule has 5 aliphatic carbocycles. The van der Waals surface area contributed by atoms with Crippen LogP contribution in [0.15, 0.2) is 0 Å². The van der Waals surface area contributed by atoms with Gasteiger partial charge in [0.15, 0.2) is 6.61 Å². The highest BCUT2D eigenvalue weighted by Crippen LogP contribution is 2.64. The zero-order valence-electron chi connectivity index (χ0n) is 24.6. The van der Waals surface area contributed by atoms with Gasteiger partial charge in [-0.1, -0.05) is 19.8 Å². The molecule has 0 aromatic heterocycles. The number of rotatable bonds is 11. The highest BCUT2D eigenvalue weighted by molar-refractivity contribution is 5.84. The number of hydrogen-bond donors (Lipinski definition) is 0. The summed E-state index contributed by atoms with van der Waals surface area (Å²) in [6.45, 7) is 9.03. The normalized spacial score (nSPS) is 31.9. The maximum absolute atomic E-state index is 13.0. The van der Waals surface area contributed by atoms with Crippen molar-refractivity contribution in [3.05, 3.63) is 0 Å². The van der Waals surface area contributed by atoms with Crippen LogP contribution in [0.2, 0.25) is 0 Å². The fourth-order valence-corrected chi connectivity index (χ4v) is 7.93. The van der Waals surface area contributed by atoms with Gasteiger partial charge in [0.05, 0.1) is 17.3 Å². The summed E-state index contributed by atoms with van der Waals surface area (Å²) in [5.74, 6) is -0.981. The molecule has 5 saturated carbocycles. The van der Waals surface area contributed by atoms with E-state index in [9.17, 15) is 19.2 Å². The predicted molar refractivity (Wildman–Crippen MR) is 143 cm³/mol. The molecule has 8 heteroatoms. The molecule has 0 radical (unpaired) electrons. The van der Waals surface area contributed by atoms with Gasteiger partial charge in [0.1, 0.15) is 18.8 Å². The molecule has 0 amide bonds. The third kappa shape index (κ3) is 6.62. The van der Waals surface area contributed by atoms with E-state index in [0.717, 1.165) is 49.9 Å². The van der Waals surface area contributed by atoms with Gasteiger partial charge in [-0.25, -0.2) is 4.79 Å². The molecule has 0 aliphatic heterocycles. The van der Waals surface area contributed by atoms with E-state index in [0.29, 0.717) is 19.3 Å². The molecule has 5 rings (SSSR count). The van der Waals surface area contributed by atoms with Crippen molar-refractivity contribution in [3.63, 3.8) is 0 Å². The molecular weight excluding hydrogens is 500 g/mol. The second-order valence-corrected chi connectivity index (χ2v) is 13.8. The van der Waals surface area contributed by atoms with Crippen LogP contribution in [-0.4, -0.2) is 49.3 Å². The van der Waals surface area contributed by atoms with E-state index in [1.165, 1.54) is 19.3 Å². The molecule has 4 bridgehead atoms. The molecule has 0 saturated heterocycles. The van der Waals surface area contributed by atoms with Crippen LogP contribution < -0.4 is 0 Å². The molecule has 0 aromatic carbocycles. The van der Waals surface area contributed by atoms with Crippen molar-refractivity contribution in [1.29, 1.82) is 0 Å². The molecule has 5 aliphatic rings. The Kier molecular flexibility index (Phi) is 9.02. The Balaban J connectivity index is 1.24. The maximum atomic E-state index is 13.0. The quantitative estimate of drug-likeness (QED) is 0.192. The van der Waals surface area contributed by atoms with Crippen molar-refractivity contribution in [2.24, 2.45) is 40.4 Å². The molecule has 39 heavy (non-hydrogen) atoms. The van der Waals surface area contributed by atoms with Crippen LogP contribution in [-0.2, 0) is 38.1 Å². The monoisotopic (exact) mass is 548 g/mol. The fraction of sp³-hybridized carbons (Fsp3) is 0.871. The summed E-state index contributed by atoms with van der Waals surface area (Å²) >= 11 is 0. The minimum absolute atomic E-state index is 0.0141. The van der Waals surface area contributed by atoms with Crippen LogP contribution in [0.25, 0.3) is 0 Å². The number of ether oxygens (including phenoxy) is 4. The Hall–Kier alpha value is -2.12. The van der Waals surface area contributed by atoms with Crippen molar-refractivity contribution in [3.8, 4) is 0 Å². The third-order valence-corrected chi connectivity index (χ3v) is 10.4. The van der Waals surface area contributed by atoms with Crippen LogP contribution in [0.5, 0.6) is 0 Å². The number of carbonyl (C=O) groups is 4. The van der Waals surface area contributed by atoms with E-state index in [1.807, 2.05) is 20.8 Å². The van der Waals surface area contributed by atoms with Gasteiger partial charge in [-0.05, 0) is 103 Å². The summed E-state index contributed by atoms with van der Waals surface area (Å²) in [6.07, 6.45) is 10.6. The first-order valence-electron chi connectivity index (χ1n) is 15.1. The lowest BCUT2D eigenvalue weighted by molar-refractivity contribution is -0.203. The van der Waals surface area contributed by atoms with Gasteiger partial charge < -0.3 is 18.9 Å². The lowest BCUT2D eigenvalue weighted by Crippen LogP contribution is -2.57. The second-order valence-electron chi connectivity index (χ2n) is 13.8. The highest BCUT2D eigenvalue weighted by atomic mass is 16.6. The molecule has 8 nitrogen and oxygen atoms in total. The van der Waals surface area contributed by atoms with Crippen molar-refractivity contribution in [2.75, 3.05) is 19.8 Å². The van der Waals surface area contributed by atoms with E-state index < -0.39 is 47.4 Å². The van der Waals surface area contributed by atoms with Crippen LogP contribution in [0.4, 0.5) is 0 Å². The average Bonchev–Trinajstić information content (AvgIpc) is 2.88. The summed E-state index contributed by atoms with van der Waals surface area (Å²) < 4.78 is 22.0. The molecule has 2 unspecified atom stereocenters. The van der Waals surface area contributed by atoms with Crippen molar-refractivity contribution >= 4 is 23.9 Å². The second kappa shape index (κ2) is 11.8. The van der Waals surface area contributed by atoms with E-state index in [4.69, 9.17) is 18.9 Å². The largest absolute Gasteiger partial charge is 0.462 e. The zero-order valence-corrected chi connectivity index (χ0v) is 24.6. The number of carbonyl (C=O) groups excluding carboxylic acids is 4. The average molecular weight is 549 g/mol. The summed E-state index contributed by atoms with van der Waals surface area (Å²) in [6, 6.07) is 0. The molecule has 2 atom stereocenters. The van der Waals surface area contributed by atoms with Gasteiger partial charge in [-0.3, -0.25) is 14.4 Å². The molecule has 5 fully saturated rings. The zero-order chi connectivity index (χ0) is 28.4. The Morgan fingerprint density at radius 3 is 1.74 bits per heavy atom. The summed E-state index contributed by atoms with van der Waals surface area (Å²) in [5, 5.41) is 0. The molecule has 0 heterocycles. The molecule has 0 N–H and O–H groups in total. The summed E-state index contributed by atoms with van der Waals surface area (Å²) in [5.41, 5.74) is -1.19. The Morgan fingerprint density at radius 2 is 1.23 bits per heavy atom. The first-order chi connectivity index (χ1) is 18.4. The van der Waals surface area contributed by atoms with Crippen LogP contribution in [0.3, 0.4) is 0 Å². The Morgan fingerprint density at radius 1 is 0.744 bits per heavy atom. The van der Waals surface area contributed by atoms with Crippen molar-refractivity contribution < 1.29 is 38.1 Å².